The van der Waals surface area contributed by atoms with E-state index in [1.165, 1.54) is 0 Å². The Morgan fingerprint density at radius 3 is 2.47 bits per heavy atom. The number of hydrogen-bond acceptors (Lipinski definition) is 4. The molecule has 1 atom stereocenters. The molecule has 0 aliphatic carbocycles. The molecule has 1 aromatic carbocycles. The molecule has 0 bridgehead atoms. The molecule has 19 heavy (non-hydrogen) atoms. The first-order chi connectivity index (χ1) is 8.85. The van der Waals surface area contributed by atoms with Gasteiger partial charge in [0.2, 0.25) is 5.91 Å². The summed E-state index contributed by atoms with van der Waals surface area (Å²) in [4.78, 5) is 11.7. The minimum absolute atomic E-state index is 0.277. The fourth-order valence-corrected chi connectivity index (χ4v) is 2.81. The first-order valence-corrected chi connectivity index (χ1v) is 7.91. The van der Waals surface area contributed by atoms with Crippen LogP contribution in [0.2, 0.25) is 5.02 Å². The van der Waals surface area contributed by atoms with Crippen LogP contribution < -0.4 is 11.1 Å². The van der Waals surface area contributed by atoms with Gasteiger partial charge in [-0.2, -0.15) is 0 Å². The molecule has 0 radical (unpaired) electrons. The van der Waals surface area contributed by atoms with Crippen LogP contribution in [0.5, 0.6) is 0 Å². The Labute approximate surface area is 118 Å². The van der Waals surface area contributed by atoms with Crippen LogP contribution in [0.4, 0.5) is 5.69 Å². The lowest BCUT2D eigenvalue weighted by Gasteiger charge is -2.11. The minimum atomic E-state index is -3.47. The molecule has 0 aliphatic heterocycles. The van der Waals surface area contributed by atoms with Crippen molar-refractivity contribution in [2.75, 3.05) is 17.6 Å². The van der Waals surface area contributed by atoms with E-state index in [2.05, 4.69) is 5.32 Å². The Bertz CT molecular complexity index is 528. The standard InChI is InChI=1S/C12H17ClN2O3S/c1-9(6-7-14)19(17,18)8-12(16)15-11-4-2-10(13)3-5-11/h2-5,9H,6-8,14H2,1H3,(H,15,16). The van der Waals surface area contributed by atoms with Gasteiger partial charge in [-0.15, -0.1) is 0 Å². The zero-order valence-electron chi connectivity index (χ0n) is 10.6. The third-order valence-electron chi connectivity index (χ3n) is 2.65. The molecule has 0 saturated heterocycles. The highest BCUT2D eigenvalue weighted by Gasteiger charge is 2.23. The van der Waals surface area contributed by atoms with Gasteiger partial charge < -0.3 is 11.1 Å². The van der Waals surface area contributed by atoms with E-state index in [0.29, 0.717) is 17.1 Å². The number of carbonyl (C=O) groups is 1. The number of amides is 1. The molecule has 0 spiro atoms. The highest BCUT2D eigenvalue weighted by atomic mass is 35.5. The lowest BCUT2D eigenvalue weighted by molar-refractivity contribution is -0.113. The van der Waals surface area contributed by atoms with Crippen LogP contribution in [0.1, 0.15) is 13.3 Å². The van der Waals surface area contributed by atoms with E-state index in [9.17, 15) is 13.2 Å². The van der Waals surface area contributed by atoms with Gasteiger partial charge in [-0.3, -0.25) is 4.79 Å². The highest BCUT2D eigenvalue weighted by Crippen LogP contribution is 2.14. The van der Waals surface area contributed by atoms with Crippen LogP contribution in [0, 0.1) is 0 Å². The molecular weight excluding hydrogens is 288 g/mol. The molecule has 0 saturated carbocycles. The first kappa shape index (κ1) is 15.9. The zero-order valence-corrected chi connectivity index (χ0v) is 12.2. The van der Waals surface area contributed by atoms with Gasteiger partial charge in [0.05, 0.1) is 5.25 Å². The van der Waals surface area contributed by atoms with E-state index in [1.54, 1.807) is 31.2 Å². The number of nitrogens with two attached hydrogens (primary N) is 1. The Morgan fingerprint density at radius 1 is 1.37 bits per heavy atom. The van der Waals surface area contributed by atoms with Crippen LogP contribution in [0.15, 0.2) is 24.3 Å². The number of anilines is 1. The fourth-order valence-electron chi connectivity index (χ4n) is 1.47. The van der Waals surface area contributed by atoms with Crippen LogP contribution in [0.3, 0.4) is 0 Å². The Kier molecular flexibility index (Phi) is 5.78. The molecule has 0 aliphatic rings. The van der Waals surface area contributed by atoms with E-state index in [-0.39, 0.29) is 6.54 Å². The maximum absolute atomic E-state index is 11.8. The quantitative estimate of drug-likeness (QED) is 0.832. The summed E-state index contributed by atoms with van der Waals surface area (Å²) >= 11 is 5.71. The van der Waals surface area contributed by atoms with Crippen molar-refractivity contribution in [3.8, 4) is 0 Å². The second kappa shape index (κ2) is 6.88. The number of rotatable bonds is 6. The summed E-state index contributed by atoms with van der Waals surface area (Å²) < 4.78 is 23.7. The summed E-state index contributed by atoms with van der Waals surface area (Å²) in [6.07, 6.45) is 0.344. The van der Waals surface area contributed by atoms with Gasteiger partial charge in [-0.1, -0.05) is 11.6 Å². The van der Waals surface area contributed by atoms with Crippen molar-refractivity contribution in [3.05, 3.63) is 29.3 Å². The Morgan fingerprint density at radius 2 is 1.95 bits per heavy atom. The summed E-state index contributed by atoms with van der Waals surface area (Å²) in [6.45, 7) is 1.83. The van der Waals surface area contributed by atoms with Crippen molar-refractivity contribution in [1.29, 1.82) is 0 Å². The third kappa shape index (κ3) is 5.18. The lowest BCUT2D eigenvalue weighted by atomic mass is 10.3. The molecule has 1 aromatic rings. The number of nitrogens with one attached hydrogen (secondary N) is 1. The van der Waals surface area contributed by atoms with Gasteiger partial charge in [-0.25, -0.2) is 8.42 Å². The molecule has 0 aromatic heterocycles. The van der Waals surface area contributed by atoms with E-state index >= 15 is 0 Å². The summed E-state index contributed by atoms with van der Waals surface area (Å²) in [6, 6.07) is 6.44. The molecular formula is C12H17ClN2O3S. The molecule has 1 unspecified atom stereocenters. The van der Waals surface area contributed by atoms with E-state index in [1.807, 2.05) is 0 Å². The highest BCUT2D eigenvalue weighted by molar-refractivity contribution is 7.92. The van der Waals surface area contributed by atoms with Crippen molar-refractivity contribution in [2.45, 2.75) is 18.6 Å². The number of halogens is 1. The van der Waals surface area contributed by atoms with E-state index in [4.69, 9.17) is 17.3 Å². The van der Waals surface area contributed by atoms with Gasteiger partial charge in [-0.05, 0) is 44.2 Å². The van der Waals surface area contributed by atoms with Crippen molar-refractivity contribution >= 4 is 33.0 Å². The Hall–Kier alpha value is -1.11. The summed E-state index contributed by atoms with van der Waals surface area (Å²) in [7, 11) is -3.47. The second-order valence-corrected chi connectivity index (χ2v) is 7.11. The molecule has 1 rings (SSSR count). The Balaban J connectivity index is 2.62. The molecule has 7 heteroatoms. The van der Waals surface area contributed by atoms with E-state index < -0.39 is 26.7 Å². The number of benzene rings is 1. The molecule has 0 heterocycles. The normalized spacial score (nSPS) is 13.0. The first-order valence-electron chi connectivity index (χ1n) is 5.82. The molecule has 5 nitrogen and oxygen atoms in total. The average Bonchev–Trinajstić information content (AvgIpc) is 2.31. The van der Waals surface area contributed by atoms with Crippen LogP contribution in [0.25, 0.3) is 0 Å². The third-order valence-corrected chi connectivity index (χ3v) is 5.02. The molecule has 106 valence electrons. The van der Waals surface area contributed by atoms with E-state index in [0.717, 1.165) is 0 Å². The predicted octanol–water partition coefficient (Wildman–Crippen LogP) is 1.43. The minimum Gasteiger partial charge on any atom is -0.330 e. The van der Waals surface area contributed by atoms with Gasteiger partial charge in [0.1, 0.15) is 5.75 Å². The second-order valence-electron chi connectivity index (χ2n) is 4.25. The van der Waals surface area contributed by atoms with Crippen LogP contribution >= 0.6 is 11.6 Å². The van der Waals surface area contributed by atoms with Gasteiger partial charge >= 0.3 is 0 Å². The summed E-state index contributed by atoms with van der Waals surface area (Å²) in [5, 5.41) is 2.44. The van der Waals surface area contributed by atoms with Crippen molar-refractivity contribution in [2.24, 2.45) is 5.73 Å². The number of carbonyl (C=O) groups excluding carboxylic acids is 1. The average molecular weight is 305 g/mol. The van der Waals surface area contributed by atoms with Crippen LogP contribution in [-0.4, -0.2) is 31.9 Å². The largest absolute Gasteiger partial charge is 0.330 e. The SMILES string of the molecule is CC(CCN)S(=O)(=O)CC(=O)Nc1ccc(Cl)cc1. The number of hydrogen-bond donors (Lipinski definition) is 2. The van der Waals surface area contributed by atoms with Gasteiger partial charge in [0.25, 0.3) is 0 Å². The topological polar surface area (TPSA) is 89.3 Å². The maximum atomic E-state index is 11.8. The van der Waals surface area contributed by atoms with Crippen molar-refractivity contribution in [1.82, 2.24) is 0 Å². The lowest BCUT2D eigenvalue weighted by Crippen LogP contribution is -2.30. The summed E-state index contributed by atoms with van der Waals surface area (Å²) in [5.74, 6) is -1.11. The predicted molar refractivity (Wildman–Crippen MR) is 77.0 cm³/mol. The molecule has 1 amide bonds. The maximum Gasteiger partial charge on any atom is 0.239 e. The molecule has 3 N–H and O–H groups in total. The smallest absolute Gasteiger partial charge is 0.239 e. The van der Waals surface area contributed by atoms with Gasteiger partial charge in [0, 0.05) is 10.7 Å². The monoisotopic (exact) mass is 304 g/mol. The number of sulfone groups is 1. The fraction of sp³-hybridized carbons (Fsp3) is 0.417. The zero-order chi connectivity index (χ0) is 14.5. The van der Waals surface area contributed by atoms with Crippen molar-refractivity contribution < 1.29 is 13.2 Å². The van der Waals surface area contributed by atoms with Gasteiger partial charge in [0.15, 0.2) is 9.84 Å². The van der Waals surface area contributed by atoms with Crippen LogP contribution in [-0.2, 0) is 14.6 Å². The molecule has 0 fully saturated rings. The summed E-state index contributed by atoms with van der Waals surface area (Å²) in [5.41, 5.74) is 5.83. The van der Waals surface area contributed by atoms with Crippen molar-refractivity contribution in [3.63, 3.8) is 0 Å².